The van der Waals surface area contributed by atoms with Crippen LogP contribution in [0.25, 0.3) is 0 Å². The highest BCUT2D eigenvalue weighted by atomic mass is 16.4. The van der Waals surface area contributed by atoms with E-state index in [4.69, 9.17) is 0 Å². The number of aliphatic carboxylic acids is 1. The molecule has 0 aromatic carbocycles. The number of carboxylic acid groups (broad SMARTS) is 1. The highest BCUT2D eigenvalue weighted by molar-refractivity contribution is 5.73. The van der Waals surface area contributed by atoms with Crippen molar-refractivity contribution in [3.63, 3.8) is 0 Å². The smallest absolute Gasteiger partial charge is 0.320 e. The summed E-state index contributed by atoms with van der Waals surface area (Å²) in [5, 5.41) is 12.5. The molecule has 1 aliphatic rings. The monoisotopic (exact) mass is 279 g/mol. The van der Waals surface area contributed by atoms with Crippen LogP contribution in [-0.4, -0.2) is 27.1 Å². The van der Waals surface area contributed by atoms with E-state index in [0.29, 0.717) is 12.5 Å². The quantitative estimate of drug-likeness (QED) is 0.747. The minimum Gasteiger partial charge on any atom is -0.480 e. The lowest BCUT2D eigenvalue weighted by Gasteiger charge is -2.24. The molecule has 1 saturated carbocycles. The number of aryl methyl sites for hydroxylation is 2. The van der Waals surface area contributed by atoms with Crippen molar-refractivity contribution in [1.29, 1.82) is 0 Å². The molecular weight excluding hydrogens is 254 g/mol. The largest absolute Gasteiger partial charge is 0.480 e. The van der Waals surface area contributed by atoms with Crippen LogP contribution in [0.15, 0.2) is 0 Å². The zero-order chi connectivity index (χ0) is 14.5. The lowest BCUT2D eigenvalue weighted by Crippen LogP contribution is -2.38. The number of aromatic nitrogens is 2. The molecule has 0 amide bonds. The molecule has 1 aromatic rings. The van der Waals surface area contributed by atoms with Crippen molar-refractivity contribution in [2.75, 3.05) is 0 Å². The molecule has 1 aromatic heterocycles. The van der Waals surface area contributed by atoms with Crippen LogP contribution in [0.2, 0.25) is 0 Å². The highest BCUT2D eigenvalue weighted by Gasteiger charge is 2.23. The van der Waals surface area contributed by atoms with Crippen molar-refractivity contribution in [2.45, 2.75) is 65.0 Å². The molecule has 0 aliphatic heterocycles. The van der Waals surface area contributed by atoms with Crippen molar-refractivity contribution in [2.24, 2.45) is 5.92 Å². The third-order valence-corrected chi connectivity index (χ3v) is 4.28. The van der Waals surface area contributed by atoms with Gasteiger partial charge in [-0.3, -0.25) is 10.1 Å². The Morgan fingerprint density at radius 1 is 1.40 bits per heavy atom. The van der Waals surface area contributed by atoms with Gasteiger partial charge in [0.25, 0.3) is 0 Å². The molecule has 1 heterocycles. The van der Waals surface area contributed by atoms with Crippen LogP contribution in [0.5, 0.6) is 0 Å². The molecule has 1 aliphatic carbocycles. The number of imidazole rings is 1. The van der Waals surface area contributed by atoms with E-state index < -0.39 is 12.0 Å². The molecule has 112 valence electrons. The van der Waals surface area contributed by atoms with Crippen LogP contribution in [0.3, 0.4) is 0 Å². The predicted octanol–water partition coefficient (Wildman–Crippen LogP) is 2.54. The van der Waals surface area contributed by atoms with Gasteiger partial charge in [-0.25, -0.2) is 4.98 Å². The SMILES string of the molecule is Cc1nc(CN[C@@H](CC2CCCCC2)C(=O)O)[nH]c1C. The summed E-state index contributed by atoms with van der Waals surface area (Å²) in [5.74, 6) is 0.614. The summed E-state index contributed by atoms with van der Waals surface area (Å²) in [6, 6.07) is -0.469. The Bertz CT molecular complexity index is 430. The molecule has 1 fully saturated rings. The van der Waals surface area contributed by atoms with Gasteiger partial charge in [0.2, 0.25) is 0 Å². The van der Waals surface area contributed by atoms with Gasteiger partial charge in [0.05, 0.1) is 12.2 Å². The summed E-state index contributed by atoms with van der Waals surface area (Å²) in [4.78, 5) is 18.9. The second-order valence-corrected chi connectivity index (χ2v) is 5.91. The van der Waals surface area contributed by atoms with E-state index in [9.17, 15) is 9.90 Å². The third kappa shape index (κ3) is 4.07. The Morgan fingerprint density at radius 3 is 2.65 bits per heavy atom. The van der Waals surface area contributed by atoms with Crippen molar-refractivity contribution < 1.29 is 9.90 Å². The predicted molar refractivity (Wildman–Crippen MR) is 77.5 cm³/mol. The molecule has 0 saturated heterocycles. The fourth-order valence-electron chi connectivity index (χ4n) is 2.95. The van der Waals surface area contributed by atoms with E-state index >= 15 is 0 Å². The number of nitrogens with zero attached hydrogens (tertiary/aromatic N) is 1. The highest BCUT2D eigenvalue weighted by Crippen LogP contribution is 2.27. The Morgan fingerprint density at radius 2 is 2.10 bits per heavy atom. The number of aromatic amines is 1. The van der Waals surface area contributed by atoms with Crippen molar-refractivity contribution in [1.82, 2.24) is 15.3 Å². The van der Waals surface area contributed by atoms with Crippen LogP contribution >= 0.6 is 0 Å². The lowest BCUT2D eigenvalue weighted by atomic mass is 9.85. The second-order valence-electron chi connectivity index (χ2n) is 5.91. The molecular formula is C15H25N3O2. The maximum absolute atomic E-state index is 11.4. The molecule has 5 heteroatoms. The number of carboxylic acids is 1. The van der Waals surface area contributed by atoms with E-state index in [1.807, 2.05) is 13.8 Å². The van der Waals surface area contributed by atoms with Crippen molar-refractivity contribution in [3.05, 3.63) is 17.2 Å². The van der Waals surface area contributed by atoms with Gasteiger partial charge < -0.3 is 10.1 Å². The van der Waals surface area contributed by atoms with E-state index in [-0.39, 0.29) is 0 Å². The van der Waals surface area contributed by atoms with E-state index in [1.54, 1.807) is 0 Å². The Kier molecular flexibility index (Phi) is 5.17. The van der Waals surface area contributed by atoms with Crippen LogP contribution in [0.1, 0.15) is 55.7 Å². The maximum atomic E-state index is 11.4. The van der Waals surface area contributed by atoms with Gasteiger partial charge in [0.15, 0.2) is 0 Å². The molecule has 0 bridgehead atoms. The normalized spacial score (nSPS) is 18.1. The van der Waals surface area contributed by atoms with Crippen molar-refractivity contribution >= 4 is 5.97 Å². The summed E-state index contributed by atoms with van der Waals surface area (Å²) < 4.78 is 0. The van der Waals surface area contributed by atoms with Crippen molar-refractivity contribution in [3.8, 4) is 0 Å². The average Bonchev–Trinajstić information content (AvgIpc) is 2.74. The fourth-order valence-corrected chi connectivity index (χ4v) is 2.95. The van der Waals surface area contributed by atoms with Crippen LogP contribution in [0, 0.1) is 19.8 Å². The van der Waals surface area contributed by atoms with E-state index in [1.165, 1.54) is 32.1 Å². The van der Waals surface area contributed by atoms with E-state index in [2.05, 4.69) is 15.3 Å². The first-order valence-corrected chi connectivity index (χ1v) is 7.54. The Hall–Kier alpha value is -1.36. The molecule has 3 N–H and O–H groups in total. The number of carbonyl (C=O) groups is 1. The number of nitrogens with one attached hydrogen (secondary N) is 2. The average molecular weight is 279 g/mol. The van der Waals surface area contributed by atoms with Gasteiger partial charge in [-0.2, -0.15) is 0 Å². The van der Waals surface area contributed by atoms with Gasteiger partial charge in [0, 0.05) is 5.69 Å². The first-order chi connectivity index (χ1) is 9.56. The summed E-state index contributed by atoms with van der Waals surface area (Å²) in [7, 11) is 0. The third-order valence-electron chi connectivity index (χ3n) is 4.28. The fraction of sp³-hybridized carbons (Fsp3) is 0.733. The van der Waals surface area contributed by atoms with Crippen LogP contribution in [0.4, 0.5) is 0 Å². The first kappa shape index (κ1) is 15.0. The zero-order valence-electron chi connectivity index (χ0n) is 12.4. The minimum absolute atomic E-state index is 0.469. The molecule has 0 radical (unpaired) electrons. The molecule has 0 unspecified atom stereocenters. The molecule has 2 rings (SSSR count). The standard InChI is InChI=1S/C15H25N3O2/c1-10-11(2)18-14(17-10)9-16-13(15(19)20)8-12-6-4-3-5-7-12/h12-13,16H,3-9H2,1-2H3,(H,17,18)(H,19,20)/t13-/m0/s1. The summed E-state index contributed by atoms with van der Waals surface area (Å²) in [6.07, 6.45) is 6.86. The summed E-state index contributed by atoms with van der Waals surface area (Å²) in [5.41, 5.74) is 2.02. The van der Waals surface area contributed by atoms with Gasteiger partial charge in [-0.05, 0) is 26.2 Å². The summed E-state index contributed by atoms with van der Waals surface area (Å²) in [6.45, 7) is 4.41. The molecule has 20 heavy (non-hydrogen) atoms. The number of H-pyrrole nitrogens is 1. The second kappa shape index (κ2) is 6.88. The molecule has 1 atom stereocenters. The zero-order valence-corrected chi connectivity index (χ0v) is 12.4. The van der Waals surface area contributed by atoms with E-state index in [0.717, 1.165) is 23.6 Å². The van der Waals surface area contributed by atoms with Gasteiger partial charge in [-0.1, -0.05) is 32.1 Å². The van der Waals surface area contributed by atoms with Crippen LogP contribution < -0.4 is 5.32 Å². The van der Waals surface area contributed by atoms with Gasteiger partial charge in [-0.15, -0.1) is 0 Å². The number of hydrogen-bond acceptors (Lipinski definition) is 3. The number of hydrogen-bond donors (Lipinski definition) is 3. The number of rotatable bonds is 6. The van der Waals surface area contributed by atoms with Crippen LogP contribution in [-0.2, 0) is 11.3 Å². The summed E-state index contributed by atoms with van der Waals surface area (Å²) >= 11 is 0. The Balaban J connectivity index is 1.86. The minimum atomic E-state index is -0.754. The topological polar surface area (TPSA) is 78.0 Å². The maximum Gasteiger partial charge on any atom is 0.320 e. The Labute approximate surface area is 120 Å². The van der Waals surface area contributed by atoms with Gasteiger partial charge >= 0.3 is 5.97 Å². The lowest BCUT2D eigenvalue weighted by molar-refractivity contribution is -0.140. The van der Waals surface area contributed by atoms with Gasteiger partial charge in [0.1, 0.15) is 11.9 Å². The molecule has 5 nitrogen and oxygen atoms in total. The first-order valence-electron chi connectivity index (χ1n) is 7.54. The molecule has 0 spiro atoms.